The molecule has 0 spiro atoms. The minimum Gasteiger partial charge on any atom is -0.550 e. The molecule has 4 saturated carbocycles. The second-order valence-electron chi connectivity index (χ2n) is 18.2. The number of aliphatic hydroxyl groups excluding tert-OH is 1. The van der Waals surface area contributed by atoms with E-state index in [-0.39, 0.29) is 118 Å². The Morgan fingerprint density at radius 2 is 1.25 bits per heavy atom. The molecule has 4 fully saturated rings. The van der Waals surface area contributed by atoms with Gasteiger partial charge >= 0.3 is 44.2 Å². The number of carboxylic acids is 6. The van der Waals surface area contributed by atoms with Crippen molar-refractivity contribution in [3.63, 3.8) is 0 Å². The SMILES string of the molecule is CC(CCC(=O)[O-])C1CCC2C3CCC4CC(NC(=O)CCC(C(=O)[O-])N(CCN(CC(=O)[O-])CC(=O)[O-])CCN(CC(=O)[O-])CC(=O)[O-])CCC4(C)C3C[C@H](O)C12C.[Gd+3].[H+].[H+].[H+]. The van der Waals surface area contributed by atoms with E-state index >= 15 is 0 Å². The Morgan fingerprint density at radius 3 is 1.75 bits per heavy atom. The van der Waals surface area contributed by atoms with E-state index in [0.717, 1.165) is 48.3 Å². The van der Waals surface area contributed by atoms with Crippen LogP contribution in [-0.4, -0.2) is 132 Å². The zero-order valence-electron chi connectivity index (χ0n) is 37.8. The maximum Gasteiger partial charge on any atom is 3.00 e. The number of hydrogen-bond acceptors (Lipinski definition) is 17. The van der Waals surface area contributed by atoms with Crippen LogP contribution in [0, 0.1) is 86.3 Å². The van der Waals surface area contributed by atoms with Gasteiger partial charge in [-0.25, -0.2) is 0 Å². The van der Waals surface area contributed by atoms with Crippen molar-refractivity contribution in [3.05, 3.63) is 0 Å². The predicted octanol–water partition coefficient (Wildman–Crippen LogP) is -5.59. The van der Waals surface area contributed by atoms with Crippen molar-refractivity contribution >= 4 is 41.7 Å². The standard InChI is InChI=1S/C41H66N4O14.Gd/c1-24(4-11-34(48)49)28-7-8-29-27-6-5-25-18-26(12-13-40(25,2)30(27)19-32(46)41(28,29)3)42-33(47)10-9-31(39(58)59)45(16-14-43(20-35(50)51)21-36(52)53)17-15-44(22-37(54)55)23-38(56)57;/h24-32,46H,4-23H2,1-3H3,(H,42,47)(H,48,49)(H,50,51)(H,52,53)(H,54,55)(H,56,57)(H,58,59);/q;+3/p-3/t24?,25?,26?,27?,28?,29?,30?,31?,32-,40?,41?;/m0./s1. The number of rotatable bonds is 24. The van der Waals surface area contributed by atoms with Crippen LogP contribution >= 0.6 is 0 Å². The monoisotopic (exact) mass is 993 g/mol. The average molecular weight is 993 g/mol. The smallest absolute Gasteiger partial charge is 0.550 e. The third-order valence-corrected chi connectivity index (χ3v) is 14.9. The fourth-order valence-electron chi connectivity index (χ4n) is 12.0. The Morgan fingerprint density at radius 1 is 0.700 bits per heavy atom. The van der Waals surface area contributed by atoms with Gasteiger partial charge in [0.2, 0.25) is 5.91 Å². The molecular formula is C41H63GdN4O14. The molecule has 2 N–H and O–H groups in total. The van der Waals surface area contributed by atoms with Crippen molar-refractivity contribution in [3.8, 4) is 0 Å². The van der Waals surface area contributed by atoms with Gasteiger partial charge in [-0.2, -0.15) is 0 Å². The van der Waals surface area contributed by atoms with Gasteiger partial charge in [-0.05, 0) is 117 Å². The first-order valence-corrected chi connectivity index (χ1v) is 21.0. The number of carbonyl (C=O) groups is 7. The van der Waals surface area contributed by atoms with Crippen LogP contribution in [0.2, 0.25) is 0 Å². The minimum atomic E-state index is -1.60. The predicted molar refractivity (Wildman–Crippen MR) is 198 cm³/mol. The van der Waals surface area contributed by atoms with Crippen molar-refractivity contribution in [1.82, 2.24) is 20.0 Å². The van der Waals surface area contributed by atoms with Crippen molar-refractivity contribution < 1.29 is 114 Å². The van der Waals surface area contributed by atoms with Gasteiger partial charge in [0, 0.05) is 76.8 Å². The number of carbonyl (C=O) groups excluding carboxylic acids is 7. The first-order valence-electron chi connectivity index (χ1n) is 21.0. The number of aliphatic carboxylic acids is 6. The van der Waals surface area contributed by atoms with E-state index in [4.69, 9.17) is 0 Å². The molecule has 60 heavy (non-hydrogen) atoms. The van der Waals surface area contributed by atoms with Crippen molar-refractivity contribution in [2.24, 2.45) is 46.3 Å². The first kappa shape index (κ1) is 51.8. The van der Waals surface area contributed by atoms with Gasteiger partial charge in [0.1, 0.15) is 0 Å². The molecule has 0 saturated heterocycles. The molecule has 0 aliphatic heterocycles. The molecule has 10 unspecified atom stereocenters. The maximum absolute atomic E-state index is 13.4. The molecule has 18 nitrogen and oxygen atoms in total. The number of amides is 1. The molecule has 0 heterocycles. The van der Waals surface area contributed by atoms with Crippen LogP contribution in [0.3, 0.4) is 0 Å². The van der Waals surface area contributed by atoms with Gasteiger partial charge in [-0.15, -0.1) is 0 Å². The van der Waals surface area contributed by atoms with Gasteiger partial charge in [0.05, 0.1) is 36.0 Å². The van der Waals surface area contributed by atoms with Gasteiger partial charge < -0.3 is 69.8 Å². The second kappa shape index (κ2) is 22.7. The summed E-state index contributed by atoms with van der Waals surface area (Å²) in [5, 5.41) is 83.6. The molecule has 0 aromatic rings. The Balaban J connectivity index is 0.00000961. The van der Waals surface area contributed by atoms with Crippen LogP contribution in [0.25, 0.3) is 0 Å². The van der Waals surface area contributed by atoms with E-state index in [1.54, 1.807) is 0 Å². The largest absolute Gasteiger partial charge is 3.00 e. The number of carboxylic acid groups (broad SMARTS) is 6. The maximum atomic E-state index is 13.4. The minimum absolute atomic E-state index is 0. The van der Waals surface area contributed by atoms with E-state index in [1.165, 1.54) is 4.90 Å². The molecule has 1 amide bonds. The van der Waals surface area contributed by atoms with Gasteiger partial charge in [-0.3, -0.25) is 19.5 Å². The van der Waals surface area contributed by atoms with E-state index in [0.29, 0.717) is 42.9 Å². The van der Waals surface area contributed by atoms with Crippen molar-refractivity contribution in [2.75, 3.05) is 52.4 Å². The summed E-state index contributed by atoms with van der Waals surface area (Å²) in [7, 11) is 0. The van der Waals surface area contributed by atoms with Crippen LogP contribution < -0.4 is 36.0 Å². The Labute approximate surface area is 387 Å². The summed E-state index contributed by atoms with van der Waals surface area (Å²) >= 11 is 0. The zero-order valence-corrected chi connectivity index (χ0v) is 37.1. The Hall–Kier alpha value is -2.55. The van der Waals surface area contributed by atoms with E-state index in [2.05, 4.69) is 26.1 Å². The van der Waals surface area contributed by atoms with Crippen LogP contribution in [0.5, 0.6) is 0 Å². The van der Waals surface area contributed by atoms with Crippen LogP contribution in [0.15, 0.2) is 0 Å². The third kappa shape index (κ3) is 13.2. The van der Waals surface area contributed by atoms with Crippen LogP contribution in [0.1, 0.15) is 102 Å². The molecule has 339 valence electrons. The van der Waals surface area contributed by atoms with Gasteiger partial charge in [-0.1, -0.05) is 20.8 Å². The molecule has 0 bridgehead atoms. The van der Waals surface area contributed by atoms with E-state index < -0.39 is 80.0 Å². The number of nitrogens with one attached hydrogen (secondary N) is 1. The second-order valence-corrected chi connectivity index (χ2v) is 18.2. The summed E-state index contributed by atoms with van der Waals surface area (Å²) in [6, 6.07) is -1.65. The van der Waals surface area contributed by atoms with Crippen molar-refractivity contribution in [1.29, 1.82) is 0 Å². The molecule has 11 atom stereocenters. The molecule has 1 radical (unpaired) electrons. The van der Waals surface area contributed by atoms with Gasteiger partial charge in [0.15, 0.2) is 0 Å². The van der Waals surface area contributed by atoms with E-state index in [9.17, 15) is 69.3 Å². The molecule has 0 aromatic heterocycles. The summed E-state index contributed by atoms with van der Waals surface area (Å²) in [5.74, 6) is -7.68. The number of nitrogens with zero attached hydrogens (tertiary/aromatic N) is 3. The molecule has 4 rings (SSSR count). The van der Waals surface area contributed by atoms with Crippen LogP contribution in [-0.2, 0) is 33.6 Å². The molecule has 4 aliphatic rings. The quantitative estimate of drug-likeness (QED) is 0.0911. The van der Waals surface area contributed by atoms with E-state index in [1.807, 2.05) is 0 Å². The van der Waals surface area contributed by atoms with Gasteiger partial charge in [0.25, 0.3) is 0 Å². The normalized spacial score (nSPS) is 30.6. The Kier molecular flexibility index (Phi) is 19.6. The fourth-order valence-corrected chi connectivity index (χ4v) is 12.0. The molecular weight excluding hydrogens is 930 g/mol. The number of fused-ring (bicyclic) bond motifs is 5. The number of hydrogen-bond donors (Lipinski definition) is 2. The first-order chi connectivity index (χ1) is 27.6. The molecule has 4 aliphatic carbocycles. The Bertz CT molecular complexity index is 1500. The number of aliphatic hydroxyl groups is 1. The zero-order chi connectivity index (χ0) is 43.8. The summed E-state index contributed by atoms with van der Waals surface area (Å²) in [6.07, 6.45) is 6.40. The summed E-state index contributed by atoms with van der Waals surface area (Å²) < 4.78 is 0. The summed E-state index contributed by atoms with van der Waals surface area (Å²) in [4.78, 5) is 85.2. The molecule has 19 heteroatoms. The van der Waals surface area contributed by atoms with Crippen LogP contribution in [0.4, 0.5) is 0 Å². The topological polar surface area (TPSA) is 300 Å². The summed E-state index contributed by atoms with van der Waals surface area (Å²) in [5.41, 5.74) is -0.329. The fraction of sp³-hybridized carbons (Fsp3) is 0.829. The van der Waals surface area contributed by atoms with Crippen molar-refractivity contribution in [2.45, 2.75) is 116 Å². The average Bonchev–Trinajstić information content (AvgIpc) is 3.49. The third-order valence-electron chi connectivity index (χ3n) is 14.9. The summed E-state index contributed by atoms with van der Waals surface area (Å²) in [6.45, 7) is 2.15. The molecule has 0 aromatic carbocycles.